The van der Waals surface area contributed by atoms with E-state index in [4.69, 9.17) is 10.5 Å². The van der Waals surface area contributed by atoms with Gasteiger partial charge in [0, 0.05) is 28.6 Å². The maximum Gasteiger partial charge on any atom is 0.339 e. The molecule has 3 rings (SSSR count). The number of nitrogens with one attached hydrogen (secondary N) is 2. The maximum absolute atomic E-state index is 12.6. The van der Waals surface area contributed by atoms with Crippen molar-refractivity contribution in [1.29, 1.82) is 0 Å². The van der Waals surface area contributed by atoms with Gasteiger partial charge in [-0.05, 0) is 44.1 Å². The predicted molar refractivity (Wildman–Crippen MR) is 122 cm³/mol. The Morgan fingerprint density at radius 1 is 1.21 bits per heavy atom. The molecular formula is C24H29N3O6. The smallest absolute Gasteiger partial charge is 0.339 e. The van der Waals surface area contributed by atoms with Crippen molar-refractivity contribution >= 4 is 11.9 Å². The monoisotopic (exact) mass is 455 g/mol. The van der Waals surface area contributed by atoms with Crippen LogP contribution in [0.2, 0.25) is 0 Å². The number of hydrogen-bond donors (Lipinski definition) is 6. The first-order valence-electron chi connectivity index (χ1n) is 10.7. The van der Waals surface area contributed by atoms with E-state index >= 15 is 0 Å². The molecule has 9 heteroatoms. The quantitative estimate of drug-likeness (QED) is 0.349. The summed E-state index contributed by atoms with van der Waals surface area (Å²) in [7, 11) is 0. The maximum atomic E-state index is 12.6. The van der Waals surface area contributed by atoms with Crippen molar-refractivity contribution in [3.05, 3.63) is 70.2 Å². The number of phenolic OH excluding ortho intramolecular Hbond substituents is 2. The Kier molecular flexibility index (Phi) is 6.83. The number of aromatic hydroxyl groups is 2. The first kappa shape index (κ1) is 23.9. The number of aliphatic carboxylic acids is 1. The number of rotatable bonds is 8. The van der Waals surface area contributed by atoms with Gasteiger partial charge in [0.25, 0.3) is 5.91 Å². The molecule has 176 valence electrons. The minimum atomic E-state index is -1.13. The molecule has 0 saturated carbocycles. The van der Waals surface area contributed by atoms with Crippen molar-refractivity contribution in [2.24, 2.45) is 5.73 Å². The van der Waals surface area contributed by atoms with Crippen LogP contribution in [0, 0.1) is 0 Å². The van der Waals surface area contributed by atoms with Gasteiger partial charge in [0.15, 0.2) is 0 Å². The molecule has 0 aromatic heterocycles. The van der Waals surface area contributed by atoms with Crippen LogP contribution in [0.15, 0.2) is 64.7 Å². The number of dihydropyridines is 1. The van der Waals surface area contributed by atoms with Crippen LogP contribution < -0.4 is 16.4 Å². The highest BCUT2D eigenvalue weighted by Gasteiger charge is 2.41. The first-order valence-corrected chi connectivity index (χ1v) is 10.7. The summed E-state index contributed by atoms with van der Waals surface area (Å²) in [6.45, 7) is 5.58. The van der Waals surface area contributed by atoms with E-state index in [0.717, 1.165) is 6.07 Å². The Morgan fingerprint density at radius 2 is 1.88 bits per heavy atom. The normalized spacial score (nSPS) is 20.6. The average Bonchev–Trinajstić information content (AvgIpc) is 2.75. The topological polar surface area (TPSA) is 154 Å². The number of carboxylic acid groups (broad SMARTS) is 1. The van der Waals surface area contributed by atoms with Crippen molar-refractivity contribution in [1.82, 2.24) is 10.6 Å². The summed E-state index contributed by atoms with van der Waals surface area (Å²) >= 11 is 0. The highest BCUT2D eigenvalue weighted by molar-refractivity contribution is 5.95. The zero-order chi connectivity index (χ0) is 24.3. The minimum Gasteiger partial charge on any atom is -0.508 e. The van der Waals surface area contributed by atoms with Gasteiger partial charge in [-0.15, -0.1) is 0 Å². The van der Waals surface area contributed by atoms with Crippen LogP contribution in [-0.2, 0) is 9.53 Å². The number of phenols is 2. The molecule has 0 fully saturated rings. The van der Waals surface area contributed by atoms with Gasteiger partial charge in [0.2, 0.25) is 0 Å². The molecule has 9 nitrogen and oxygen atoms in total. The van der Waals surface area contributed by atoms with E-state index in [2.05, 4.69) is 10.6 Å². The summed E-state index contributed by atoms with van der Waals surface area (Å²) in [5, 5.41) is 34.9. The number of hydrogen-bond acceptors (Lipinski definition) is 7. The van der Waals surface area contributed by atoms with Gasteiger partial charge in [-0.25, -0.2) is 4.79 Å². The zero-order valence-corrected chi connectivity index (χ0v) is 18.8. The third-order valence-electron chi connectivity index (χ3n) is 5.83. The number of carboxylic acids is 1. The molecule has 2 atom stereocenters. The molecule has 1 aromatic carbocycles. The van der Waals surface area contributed by atoms with Crippen LogP contribution in [0.4, 0.5) is 0 Å². The summed E-state index contributed by atoms with van der Waals surface area (Å²) in [6, 6.07) is 3.28. The van der Waals surface area contributed by atoms with Crippen LogP contribution in [0.3, 0.4) is 0 Å². The standard InChI is InChI=1S/C24H29N3O6/c1-4-15(27-22(30)14-9-16(28)11-17(29)10-14)12-33-24(5-2)8-6-7-18-20(24)21(25)19(23(31)32)13(3)26-18/h6-11,15,26,28-29H,4-5,12,25H2,1-3H3,(H,27,30)(H,31,32). The summed E-state index contributed by atoms with van der Waals surface area (Å²) in [6.07, 6.45) is 6.51. The molecule has 2 aliphatic rings. The van der Waals surface area contributed by atoms with Crippen molar-refractivity contribution < 1.29 is 29.6 Å². The highest BCUT2D eigenvalue weighted by Crippen LogP contribution is 2.40. The van der Waals surface area contributed by atoms with Crippen molar-refractivity contribution in [2.75, 3.05) is 6.61 Å². The molecule has 1 aliphatic heterocycles. The zero-order valence-electron chi connectivity index (χ0n) is 18.8. The molecule has 0 bridgehead atoms. The Balaban J connectivity index is 1.84. The number of amides is 1. The van der Waals surface area contributed by atoms with Crippen molar-refractivity contribution in [2.45, 2.75) is 45.3 Å². The summed E-state index contributed by atoms with van der Waals surface area (Å²) in [5.41, 5.74) is 7.28. The van der Waals surface area contributed by atoms with Crippen LogP contribution >= 0.6 is 0 Å². The van der Waals surface area contributed by atoms with Gasteiger partial charge in [-0.1, -0.05) is 19.9 Å². The van der Waals surface area contributed by atoms with Crippen molar-refractivity contribution in [3.63, 3.8) is 0 Å². The van der Waals surface area contributed by atoms with Crippen molar-refractivity contribution in [3.8, 4) is 11.5 Å². The second-order valence-electron chi connectivity index (χ2n) is 8.03. The molecule has 1 heterocycles. The molecule has 2 unspecified atom stereocenters. The molecule has 1 amide bonds. The first-order chi connectivity index (χ1) is 15.6. The van der Waals surface area contributed by atoms with Crippen LogP contribution in [0.1, 0.15) is 44.0 Å². The largest absolute Gasteiger partial charge is 0.508 e. The Bertz CT molecular complexity index is 1080. The second-order valence-corrected chi connectivity index (χ2v) is 8.03. The van der Waals surface area contributed by atoms with E-state index in [1.54, 1.807) is 6.92 Å². The highest BCUT2D eigenvalue weighted by atomic mass is 16.5. The lowest BCUT2D eigenvalue weighted by Crippen LogP contribution is -2.46. The molecule has 1 aliphatic carbocycles. The Labute approximate surface area is 191 Å². The van der Waals surface area contributed by atoms with Gasteiger partial charge >= 0.3 is 5.97 Å². The fourth-order valence-electron chi connectivity index (χ4n) is 4.06. The molecule has 0 spiro atoms. The van der Waals surface area contributed by atoms with Crippen LogP contribution in [0.25, 0.3) is 0 Å². The Morgan fingerprint density at radius 3 is 2.45 bits per heavy atom. The number of allylic oxidation sites excluding steroid dienone is 3. The molecule has 1 aromatic rings. The second kappa shape index (κ2) is 9.41. The third kappa shape index (κ3) is 4.73. The molecule has 7 N–H and O–H groups in total. The summed E-state index contributed by atoms with van der Waals surface area (Å²) in [5.74, 6) is -2.03. The van der Waals surface area contributed by atoms with E-state index in [1.807, 2.05) is 32.1 Å². The van der Waals surface area contributed by atoms with Crippen LogP contribution in [0.5, 0.6) is 11.5 Å². The van der Waals surface area contributed by atoms with E-state index in [9.17, 15) is 24.9 Å². The lowest BCUT2D eigenvalue weighted by Gasteiger charge is -2.40. The number of carbonyl (C=O) groups is 2. The van der Waals surface area contributed by atoms with E-state index < -0.39 is 17.5 Å². The summed E-state index contributed by atoms with van der Waals surface area (Å²) in [4.78, 5) is 24.4. The van der Waals surface area contributed by atoms with Gasteiger partial charge in [-0.2, -0.15) is 0 Å². The SMILES string of the molecule is CCC(COC1(CC)C=CC=C2NC(C)=C(C(=O)O)C(N)=C21)NC(=O)c1cc(O)cc(O)c1. The molecule has 0 radical (unpaired) electrons. The summed E-state index contributed by atoms with van der Waals surface area (Å²) < 4.78 is 6.33. The van der Waals surface area contributed by atoms with Crippen LogP contribution in [-0.4, -0.2) is 45.4 Å². The molecular weight excluding hydrogens is 426 g/mol. The van der Waals surface area contributed by atoms with Gasteiger partial charge in [0.1, 0.15) is 22.7 Å². The fraction of sp³-hybridized carbons (Fsp3) is 0.333. The molecule has 0 saturated heterocycles. The number of benzene rings is 1. The lowest BCUT2D eigenvalue weighted by molar-refractivity contribution is -0.132. The van der Waals surface area contributed by atoms with E-state index in [0.29, 0.717) is 29.8 Å². The van der Waals surface area contributed by atoms with Gasteiger partial charge < -0.3 is 36.4 Å². The number of nitrogens with two attached hydrogens (primary N) is 1. The average molecular weight is 456 g/mol. The van der Waals surface area contributed by atoms with E-state index in [-0.39, 0.29) is 41.0 Å². The number of ether oxygens (including phenoxy) is 1. The molecule has 33 heavy (non-hydrogen) atoms. The number of carbonyl (C=O) groups excluding carboxylic acids is 1. The van der Waals surface area contributed by atoms with Gasteiger partial charge in [-0.3, -0.25) is 4.79 Å². The fourth-order valence-corrected chi connectivity index (χ4v) is 4.06. The van der Waals surface area contributed by atoms with E-state index in [1.165, 1.54) is 12.1 Å². The Hall–Kier alpha value is -3.72. The minimum absolute atomic E-state index is 0.00270. The van der Waals surface area contributed by atoms with Gasteiger partial charge in [0.05, 0.1) is 18.3 Å². The third-order valence-corrected chi connectivity index (χ3v) is 5.83. The predicted octanol–water partition coefficient (Wildman–Crippen LogP) is 2.40. The lowest BCUT2D eigenvalue weighted by atomic mass is 9.80. The number of fused-ring (bicyclic) bond motifs is 1.